The Bertz CT molecular complexity index is 643. The maximum Gasteiger partial charge on any atom is 0.226 e. The van der Waals surface area contributed by atoms with Crippen molar-refractivity contribution in [1.82, 2.24) is 4.98 Å². The van der Waals surface area contributed by atoms with Gasteiger partial charge in [0.1, 0.15) is 23.9 Å². The van der Waals surface area contributed by atoms with Crippen LogP contribution in [-0.2, 0) is 9.47 Å². The van der Waals surface area contributed by atoms with Gasteiger partial charge >= 0.3 is 0 Å². The molecule has 2 aromatic rings. The predicted octanol–water partition coefficient (Wildman–Crippen LogP) is 0.904. The Labute approximate surface area is 120 Å². The topological polar surface area (TPSA) is 85.0 Å². The molecule has 2 fully saturated rings. The van der Waals surface area contributed by atoms with Crippen LogP contribution in [0.2, 0.25) is 0 Å². The number of oxazole rings is 1. The number of aliphatic hydroxyl groups excluding tert-OH is 2. The minimum Gasteiger partial charge on any atom is -0.438 e. The van der Waals surface area contributed by atoms with E-state index in [-0.39, 0.29) is 13.2 Å². The molecular formula is C15H15NO5. The summed E-state index contributed by atoms with van der Waals surface area (Å²) < 4.78 is 17.0. The van der Waals surface area contributed by atoms with E-state index in [9.17, 15) is 10.2 Å². The number of benzene rings is 1. The third-order valence-electron chi connectivity index (χ3n) is 4.12. The van der Waals surface area contributed by atoms with E-state index in [1.54, 1.807) is 6.20 Å². The molecular weight excluding hydrogens is 274 g/mol. The van der Waals surface area contributed by atoms with Gasteiger partial charge < -0.3 is 24.1 Å². The van der Waals surface area contributed by atoms with Crippen LogP contribution < -0.4 is 0 Å². The first-order valence-electron chi connectivity index (χ1n) is 6.83. The molecule has 0 saturated carbocycles. The summed E-state index contributed by atoms with van der Waals surface area (Å²) in [6.45, 7) is -0.105. The van der Waals surface area contributed by atoms with Crippen LogP contribution in [-0.4, -0.2) is 46.2 Å². The summed E-state index contributed by atoms with van der Waals surface area (Å²) in [5, 5.41) is 19.6. The summed E-state index contributed by atoms with van der Waals surface area (Å²) in [6, 6.07) is 9.53. The van der Waals surface area contributed by atoms with Crippen molar-refractivity contribution in [2.24, 2.45) is 0 Å². The Morgan fingerprint density at radius 3 is 2.81 bits per heavy atom. The van der Waals surface area contributed by atoms with Gasteiger partial charge in [0.2, 0.25) is 5.89 Å². The lowest BCUT2D eigenvalue weighted by atomic mass is 9.99. The van der Waals surface area contributed by atoms with E-state index < -0.39 is 23.9 Å². The molecule has 6 nitrogen and oxygen atoms in total. The first kappa shape index (κ1) is 13.0. The van der Waals surface area contributed by atoms with Gasteiger partial charge in [0.25, 0.3) is 0 Å². The number of aromatic nitrogens is 1. The minimum absolute atomic E-state index is 0.186. The molecule has 1 aromatic heterocycles. The molecule has 3 heterocycles. The second-order valence-electron chi connectivity index (χ2n) is 5.42. The molecule has 0 spiro atoms. The number of ether oxygens (including phenoxy) is 2. The lowest BCUT2D eigenvalue weighted by Crippen LogP contribution is -2.43. The van der Waals surface area contributed by atoms with Gasteiger partial charge in [-0.05, 0) is 12.1 Å². The molecule has 2 aliphatic rings. The number of nitrogens with zero attached hydrogens (tertiary/aromatic N) is 1. The summed E-state index contributed by atoms with van der Waals surface area (Å²) in [6.07, 6.45) is -0.369. The summed E-state index contributed by atoms with van der Waals surface area (Å²) in [5.74, 6) is 0.984. The van der Waals surface area contributed by atoms with Crippen LogP contribution in [0.4, 0.5) is 0 Å². The van der Waals surface area contributed by atoms with Gasteiger partial charge in [0.05, 0.1) is 19.4 Å². The van der Waals surface area contributed by atoms with Crippen molar-refractivity contribution in [1.29, 1.82) is 0 Å². The first-order valence-corrected chi connectivity index (χ1v) is 6.83. The van der Waals surface area contributed by atoms with Crippen LogP contribution in [0.15, 0.2) is 40.9 Å². The SMILES string of the molecule is OCC12COC(C(c3cnc(-c4ccccc4)o3)O1)C2O. The second kappa shape index (κ2) is 4.64. The summed E-state index contributed by atoms with van der Waals surface area (Å²) in [4.78, 5) is 4.24. The fourth-order valence-electron chi connectivity index (χ4n) is 2.92. The van der Waals surface area contributed by atoms with Crippen LogP contribution >= 0.6 is 0 Å². The molecule has 6 heteroatoms. The molecule has 2 aliphatic heterocycles. The highest BCUT2D eigenvalue weighted by Gasteiger charge is 2.62. The fraction of sp³-hybridized carbons (Fsp3) is 0.400. The van der Waals surface area contributed by atoms with Gasteiger partial charge in [-0.1, -0.05) is 18.2 Å². The van der Waals surface area contributed by atoms with Gasteiger partial charge in [-0.2, -0.15) is 0 Å². The maximum absolute atomic E-state index is 10.2. The Balaban J connectivity index is 1.63. The molecule has 4 atom stereocenters. The molecule has 21 heavy (non-hydrogen) atoms. The standard InChI is InChI=1S/C15H15NO5/c17-7-15-8-19-12(13(15)18)11(21-15)10-6-16-14(20-10)9-4-2-1-3-5-9/h1-6,11-13,17-18H,7-8H2. The lowest BCUT2D eigenvalue weighted by molar-refractivity contribution is -0.167. The molecule has 4 unspecified atom stereocenters. The van der Waals surface area contributed by atoms with Crippen molar-refractivity contribution < 1.29 is 24.1 Å². The average molecular weight is 289 g/mol. The molecule has 4 rings (SSSR count). The molecule has 2 N–H and O–H groups in total. The summed E-state index contributed by atoms with van der Waals surface area (Å²) in [5.41, 5.74) is -0.181. The Kier molecular flexibility index (Phi) is 2.87. The molecule has 2 bridgehead atoms. The quantitative estimate of drug-likeness (QED) is 0.873. The average Bonchev–Trinajstić information content (AvgIpc) is 3.21. The van der Waals surface area contributed by atoms with Crippen LogP contribution in [0.25, 0.3) is 11.5 Å². The van der Waals surface area contributed by atoms with E-state index in [0.29, 0.717) is 11.7 Å². The highest BCUT2D eigenvalue weighted by Crippen LogP contribution is 2.47. The van der Waals surface area contributed by atoms with Gasteiger partial charge in [-0.25, -0.2) is 4.98 Å². The van der Waals surface area contributed by atoms with Gasteiger partial charge in [0, 0.05) is 5.56 Å². The zero-order valence-electron chi connectivity index (χ0n) is 11.2. The van der Waals surface area contributed by atoms with E-state index in [0.717, 1.165) is 5.56 Å². The fourth-order valence-corrected chi connectivity index (χ4v) is 2.92. The van der Waals surface area contributed by atoms with E-state index in [4.69, 9.17) is 13.9 Å². The molecule has 2 saturated heterocycles. The van der Waals surface area contributed by atoms with E-state index in [1.165, 1.54) is 0 Å². The highest BCUT2D eigenvalue weighted by atomic mass is 16.6. The largest absolute Gasteiger partial charge is 0.438 e. The first-order chi connectivity index (χ1) is 10.2. The van der Waals surface area contributed by atoms with Gasteiger partial charge in [-0.15, -0.1) is 0 Å². The maximum atomic E-state index is 10.2. The summed E-state index contributed by atoms with van der Waals surface area (Å²) in [7, 11) is 0. The van der Waals surface area contributed by atoms with Gasteiger partial charge in [-0.3, -0.25) is 0 Å². The van der Waals surface area contributed by atoms with Crippen molar-refractivity contribution in [2.45, 2.75) is 23.9 Å². The highest BCUT2D eigenvalue weighted by molar-refractivity contribution is 5.52. The second-order valence-corrected chi connectivity index (χ2v) is 5.42. The molecule has 1 aromatic carbocycles. The summed E-state index contributed by atoms with van der Waals surface area (Å²) >= 11 is 0. The third-order valence-corrected chi connectivity index (χ3v) is 4.12. The lowest BCUT2D eigenvalue weighted by Gasteiger charge is -2.27. The van der Waals surface area contributed by atoms with E-state index in [2.05, 4.69) is 4.98 Å². The Hall–Kier alpha value is -1.73. The van der Waals surface area contributed by atoms with Crippen LogP contribution in [0.5, 0.6) is 0 Å². The zero-order valence-corrected chi connectivity index (χ0v) is 11.2. The van der Waals surface area contributed by atoms with Crippen molar-refractivity contribution in [3.63, 3.8) is 0 Å². The minimum atomic E-state index is -1.05. The monoisotopic (exact) mass is 289 g/mol. The normalized spacial score (nSPS) is 34.5. The number of rotatable bonds is 3. The smallest absolute Gasteiger partial charge is 0.226 e. The molecule has 110 valence electrons. The Morgan fingerprint density at radius 2 is 2.10 bits per heavy atom. The molecule has 0 radical (unpaired) electrons. The van der Waals surface area contributed by atoms with Crippen LogP contribution in [0, 0.1) is 0 Å². The number of hydrogen-bond acceptors (Lipinski definition) is 6. The zero-order chi connectivity index (χ0) is 14.4. The van der Waals surface area contributed by atoms with Crippen molar-refractivity contribution >= 4 is 0 Å². The van der Waals surface area contributed by atoms with E-state index in [1.807, 2.05) is 30.3 Å². The molecule has 0 amide bonds. The Morgan fingerprint density at radius 1 is 1.29 bits per heavy atom. The third kappa shape index (κ3) is 1.84. The van der Waals surface area contributed by atoms with Crippen molar-refractivity contribution in [3.05, 3.63) is 42.3 Å². The van der Waals surface area contributed by atoms with Crippen LogP contribution in [0.3, 0.4) is 0 Å². The van der Waals surface area contributed by atoms with Crippen molar-refractivity contribution in [3.8, 4) is 11.5 Å². The molecule has 0 aliphatic carbocycles. The number of aliphatic hydroxyl groups is 2. The van der Waals surface area contributed by atoms with Gasteiger partial charge in [0.15, 0.2) is 5.76 Å². The van der Waals surface area contributed by atoms with Crippen molar-refractivity contribution in [2.75, 3.05) is 13.2 Å². The van der Waals surface area contributed by atoms with E-state index >= 15 is 0 Å². The number of hydrogen-bond donors (Lipinski definition) is 2. The predicted molar refractivity (Wildman–Crippen MR) is 71.3 cm³/mol. The van der Waals surface area contributed by atoms with Crippen LogP contribution in [0.1, 0.15) is 11.9 Å². The number of fused-ring (bicyclic) bond motifs is 2.